The molecule has 0 spiro atoms. The fourth-order valence-electron chi connectivity index (χ4n) is 3.20. The zero-order valence-corrected chi connectivity index (χ0v) is 18.7. The number of hydrogen-bond donors (Lipinski definition) is 2. The van der Waals surface area contributed by atoms with Crippen LogP contribution in [0.15, 0.2) is 98.1 Å². The molecule has 0 aliphatic carbocycles. The molecule has 0 bridgehead atoms. The van der Waals surface area contributed by atoms with Gasteiger partial charge in [-0.1, -0.05) is 36.4 Å². The van der Waals surface area contributed by atoms with Gasteiger partial charge in [0.05, 0.1) is 22.0 Å². The first kappa shape index (κ1) is 22.3. The highest BCUT2D eigenvalue weighted by Crippen LogP contribution is 2.38. The van der Waals surface area contributed by atoms with Crippen LogP contribution in [0.25, 0.3) is 10.8 Å². The molecule has 4 aromatic carbocycles. The van der Waals surface area contributed by atoms with Gasteiger partial charge in [0, 0.05) is 5.39 Å². The van der Waals surface area contributed by atoms with Crippen molar-refractivity contribution in [2.75, 3.05) is 0 Å². The van der Waals surface area contributed by atoms with E-state index in [4.69, 9.17) is 0 Å². The summed E-state index contributed by atoms with van der Waals surface area (Å²) in [7, 11) is -4.35. The molecule has 0 fully saturated rings. The van der Waals surface area contributed by atoms with Crippen LogP contribution in [-0.4, -0.2) is 18.1 Å². The van der Waals surface area contributed by atoms with Crippen molar-refractivity contribution in [3.63, 3.8) is 0 Å². The van der Waals surface area contributed by atoms with Crippen molar-refractivity contribution >= 4 is 43.6 Å². The Hall–Kier alpha value is -3.95. The van der Waals surface area contributed by atoms with Crippen LogP contribution in [0.2, 0.25) is 0 Å². The fraction of sp³-hybridized carbons (Fsp3) is 0.0833. The van der Waals surface area contributed by atoms with E-state index in [1.807, 2.05) is 50.2 Å². The molecule has 4 rings (SSSR count). The topological polar surface area (TPSA) is 124 Å². The molecule has 0 amide bonds. The Morgan fingerprint density at radius 1 is 0.727 bits per heavy atom. The SMILES string of the molecule is Cc1ccccc1N=Nc1ccc(C)c(N=Nc2c(O)ccc3cc(S(=O)(=O)O)ccc23)c1. The van der Waals surface area contributed by atoms with Crippen molar-refractivity contribution in [3.05, 3.63) is 83.9 Å². The largest absolute Gasteiger partial charge is 0.506 e. The molecule has 0 radical (unpaired) electrons. The highest BCUT2D eigenvalue weighted by molar-refractivity contribution is 7.85. The van der Waals surface area contributed by atoms with Gasteiger partial charge in [0.2, 0.25) is 0 Å². The summed E-state index contributed by atoms with van der Waals surface area (Å²) in [4.78, 5) is -0.244. The first-order chi connectivity index (χ1) is 15.7. The van der Waals surface area contributed by atoms with Crippen LogP contribution in [0.4, 0.5) is 22.7 Å². The summed E-state index contributed by atoms with van der Waals surface area (Å²) in [6, 6.07) is 20.0. The quantitative estimate of drug-likeness (QED) is 0.240. The molecule has 0 saturated heterocycles. The van der Waals surface area contributed by atoms with Crippen LogP contribution in [0.5, 0.6) is 5.75 Å². The van der Waals surface area contributed by atoms with E-state index in [0.717, 1.165) is 16.8 Å². The van der Waals surface area contributed by atoms with Gasteiger partial charge in [-0.25, -0.2) is 0 Å². The van der Waals surface area contributed by atoms with Gasteiger partial charge in [0.25, 0.3) is 10.1 Å². The van der Waals surface area contributed by atoms with Crippen molar-refractivity contribution < 1.29 is 18.1 Å². The van der Waals surface area contributed by atoms with Crippen molar-refractivity contribution in [2.24, 2.45) is 20.5 Å². The lowest BCUT2D eigenvalue weighted by Crippen LogP contribution is -1.97. The van der Waals surface area contributed by atoms with E-state index in [1.54, 1.807) is 6.07 Å². The molecule has 0 unspecified atom stereocenters. The maximum absolute atomic E-state index is 11.4. The third-order valence-electron chi connectivity index (χ3n) is 5.08. The number of benzene rings is 4. The lowest BCUT2D eigenvalue weighted by molar-refractivity contribution is 0.477. The molecule has 0 aliphatic heterocycles. The van der Waals surface area contributed by atoms with Gasteiger partial charge in [-0.05, 0) is 66.8 Å². The van der Waals surface area contributed by atoms with E-state index >= 15 is 0 Å². The van der Waals surface area contributed by atoms with E-state index in [2.05, 4.69) is 20.5 Å². The third kappa shape index (κ3) is 4.94. The Balaban J connectivity index is 1.70. The standard InChI is InChI=1S/C24H20N4O4S/c1-15-5-3-4-6-21(15)26-25-18-9-7-16(2)22(14-18)27-28-24-20-11-10-19(33(30,31)32)13-17(20)8-12-23(24)29/h3-14,29H,1-2H3,(H,30,31,32). The summed E-state index contributed by atoms with van der Waals surface area (Å²) in [5, 5.41) is 28.4. The second kappa shape index (κ2) is 8.89. The second-order valence-electron chi connectivity index (χ2n) is 7.45. The third-order valence-corrected chi connectivity index (χ3v) is 5.93. The molecule has 8 nitrogen and oxygen atoms in total. The number of aryl methyl sites for hydroxylation is 2. The number of rotatable bonds is 5. The number of phenolic OH excluding ortho intramolecular Hbond substituents is 1. The van der Waals surface area contributed by atoms with E-state index in [9.17, 15) is 18.1 Å². The predicted octanol–water partition coefficient (Wildman–Crippen LogP) is 7.24. The monoisotopic (exact) mass is 460 g/mol. The van der Waals surface area contributed by atoms with Gasteiger partial charge in [-0.2, -0.15) is 23.8 Å². The molecule has 166 valence electrons. The summed E-state index contributed by atoms with van der Waals surface area (Å²) in [6.07, 6.45) is 0. The van der Waals surface area contributed by atoms with Gasteiger partial charge < -0.3 is 5.11 Å². The molecule has 0 heterocycles. The van der Waals surface area contributed by atoms with E-state index in [-0.39, 0.29) is 16.3 Å². The van der Waals surface area contributed by atoms with Crippen LogP contribution in [0.1, 0.15) is 11.1 Å². The van der Waals surface area contributed by atoms with Crippen LogP contribution in [0.3, 0.4) is 0 Å². The molecule has 0 aromatic heterocycles. The average molecular weight is 461 g/mol. The first-order valence-electron chi connectivity index (χ1n) is 9.95. The lowest BCUT2D eigenvalue weighted by Gasteiger charge is -2.06. The highest BCUT2D eigenvalue weighted by atomic mass is 32.2. The van der Waals surface area contributed by atoms with Crippen molar-refractivity contribution in [1.29, 1.82) is 0 Å². The van der Waals surface area contributed by atoms with Gasteiger partial charge in [-0.15, -0.1) is 5.11 Å². The molecule has 2 N–H and O–H groups in total. The average Bonchev–Trinajstić information content (AvgIpc) is 2.78. The smallest absolute Gasteiger partial charge is 0.294 e. The Morgan fingerprint density at radius 2 is 1.45 bits per heavy atom. The van der Waals surface area contributed by atoms with Crippen molar-refractivity contribution in [1.82, 2.24) is 0 Å². The van der Waals surface area contributed by atoms with E-state index in [1.165, 1.54) is 30.3 Å². The summed E-state index contributed by atoms with van der Waals surface area (Å²) in [6.45, 7) is 3.83. The number of hydrogen-bond acceptors (Lipinski definition) is 7. The molecule has 0 saturated carbocycles. The van der Waals surface area contributed by atoms with Crippen molar-refractivity contribution in [3.8, 4) is 5.75 Å². The molecule has 0 atom stereocenters. The zero-order chi connectivity index (χ0) is 23.6. The normalized spacial score (nSPS) is 12.2. The maximum Gasteiger partial charge on any atom is 0.294 e. The number of nitrogens with zero attached hydrogens (tertiary/aromatic N) is 4. The number of fused-ring (bicyclic) bond motifs is 1. The van der Waals surface area contributed by atoms with Gasteiger partial charge in [0.15, 0.2) is 0 Å². The molecule has 33 heavy (non-hydrogen) atoms. The molecule has 4 aromatic rings. The number of azo groups is 2. The minimum Gasteiger partial charge on any atom is -0.506 e. The van der Waals surface area contributed by atoms with Crippen molar-refractivity contribution in [2.45, 2.75) is 18.7 Å². The predicted molar refractivity (Wildman–Crippen MR) is 126 cm³/mol. The van der Waals surface area contributed by atoms with E-state index in [0.29, 0.717) is 22.1 Å². The van der Waals surface area contributed by atoms with Gasteiger partial charge in [-0.3, -0.25) is 4.55 Å². The number of phenols is 1. The first-order valence-corrected chi connectivity index (χ1v) is 11.4. The lowest BCUT2D eigenvalue weighted by atomic mass is 10.1. The Bertz CT molecular complexity index is 1530. The Kier molecular flexibility index (Phi) is 5.99. The minimum atomic E-state index is -4.35. The fourth-order valence-corrected chi connectivity index (χ4v) is 3.72. The highest BCUT2D eigenvalue weighted by Gasteiger charge is 2.13. The van der Waals surface area contributed by atoms with E-state index < -0.39 is 10.1 Å². The van der Waals surface area contributed by atoms with Gasteiger partial charge >= 0.3 is 0 Å². The number of aromatic hydroxyl groups is 1. The van der Waals surface area contributed by atoms with Crippen LogP contribution < -0.4 is 0 Å². The summed E-state index contributed by atoms with van der Waals surface area (Å²) in [5.41, 5.74) is 3.95. The summed E-state index contributed by atoms with van der Waals surface area (Å²) >= 11 is 0. The zero-order valence-electron chi connectivity index (χ0n) is 17.8. The van der Waals surface area contributed by atoms with Crippen LogP contribution in [0, 0.1) is 13.8 Å². The summed E-state index contributed by atoms with van der Waals surface area (Å²) in [5.74, 6) is -0.112. The Labute approximate surface area is 190 Å². The minimum absolute atomic E-state index is 0.112. The maximum atomic E-state index is 11.4. The van der Waals surface area contributed by atoms with Gasteiger partial charge in [0.1, 0.15) is 11.4 Å². The molecule has 0 aliphatic rings. The van der Waals surface area contributed by atoms with Crippen LogP contribution in [-0.2, 0) is 10.1 Å². The molecular formula is C24H20N4O4S. The van der Waals surface area contributed by atoms with Crippen LogP contribution >= 0.6 is 0 Å². The Morgan fingerprint density at radius 3 is 2.21 bits per heavy atom. The summed E-state index contributed by atoms with van der Waals surface area (Å²) < 4.78 is 32.1. The second-order valence-corrected chi connectivity index (χ2v) is 8.87. The molecule has 9 heteroatoms. The molecular weight excluding hydrogens is 440 g/mol.